The van der Waals surface area contributed by atoms with Crippen molar-refractivity contribution in [3.8, 4) is 0 Å². The number of hydrogen-bond donors (Lipinski definition) is 0. The molecule has 28 heavy (non-hydrogen) atoms. The number of rotatable bonds is 5. The van der Waals surface area contributed by atoms with E-state index >= 15 is 0 Å². The molecule has 0 aromatic heterocycles. The highest BCUT2D eigenvalue weighted by Gasteiger charge is 2.41. The first kappa shape index (κ1) is 18.3. The molecule has 1 nitrogen and oxygen atoms in total. The molecule has 4 rings (SSSR count). The summed E-state index contributed by atoms with van der Waals surface area (Å²) in [5, 5.41) is 5.63. The molecule has 0 radical (unpaired) electrons. The van der Waals surface area contributed by atoms with Crippen LogP contribution in [0.4, 0.5) is 5.69 Å². The molecule has 0 atom stereocenters. The van der Waals surface area contributed by atoms with Gasteiger partial charge in [0.2, 0.25) is 0 Å². The van der Waals surface area contributed by atoms with E-state index in [2.05, 4.69) is 134 Å². The van der Waals surface area contributed by atoms with Gasteiger partial charge in [0.25, 0.3) is 0 Å². The van der Waals surface area contributed by atoms with E-state index in [1.54, 1.807) is 0 Å². The zero-order valence-corrected chi connectivity index (χ0v) is 17.4. The average Bonchev–Trinajstić information content (AvgIpc) is 2.77. The van der Waals surface area contributed by atoms with Crippen LogP contribution >= 0.6 is 0 Å². The normalized spacial score (nSPS) is 11.2. The van der Waals surface area contributed by atoms with Crippen LogP contribution in [-0.4, -0.2) is 22.2 Å². The third-order valence-corrected chi connectivity index (χ3v) is 10.2. The van der Waals surface area contributed by atoms with Gasteiger partial charge in [-0.15, -0.1) is 0 Å². The zero-order valence-electron chi connectivity index (χ0n) is 16.4. The molecule has 0 heterocycles. The van der Waals surface area contributed by atoms with Crippen LogP contribution < -0.4 is 25.6 Å². The monoisotopic (exact) mass is 379 g/mol. The minimum atomic E-state index is -2.38. The SMILES string of the molecule is CN(C)c1ccc([Si](c2ccccc2)(c2ccccc2)c2ccccc2)cc1. The van der Waals surface area contributed by atoms with E-state index in [1.807, 2.05) is 0 Å². The fourth-order valence-electron chi connectivity index (χ4n) is 4.07. The first-order valence-electron chi connectivity index (χ1n) is 9.67. The van der Waals surface area contributed by atoms with Gasteiger partial charge in [0, 0.05) is 19.8 Å². The van der Waals surface area contributed by atoms with Crippen molar-refractivity contribution in [2.24, 2.45) is 0 Å². The quantitative estimate of drug-likeness (QED) is 0.380. The Morgan fingerprint density at radius 3 is 1.07 bits per heavy atom. The van der Waals surface area contributed by atoms with Gasteiger partial charge in [0.15, 0.2) is 8.07 Å². The molecule has 2 heteroatoms. The van der Waals surface area contributed by atoms with Crippen LogP contribution in [0.3, 0.4) is 0 Å². The summed E-state index contributed by atoms with van der Waals surface area (Å²) in [7, 11) is 1.80. The summed E-state index contributed by atoms with van der Waals surface area (Å²) in [6.07, 6.45) is 0. The second-order valence-corrected chi connectivity index (χ2v) is 11.1. The molecule has 0 fully saturated rings. The number of hydrogen-bond acceptors (Lipinski definition) is 1. The van der Waals surface area contributed by atoms with Gasteiger partial charge in [-0.2, -0.15) is 0 Å². The van der Waals surface area contributed by atoms with Gasteiger partial charge in [0.05, 0.1) is 0 Å². The van der Waals surface area contributed by atoms with Crippen molar-refractivity contribution in [3.63, 3.8) is 0 Å². The Balaban J connectivity index is 2.07. The lowest BCUT2D eigenvalue weighted by Gasteiger charge is -2.34. The summed E-state index contributed by atoms with van der Waals surface area (Å²) in [5.41, 5.74) is 1.22. The first-order chi connectivity index (χ1) is 13.7. The van der Waals surface area contributed by atoms with Gasteiger partial charge in [-0.1, -0.05) is 103 Å². The van der Waals surface area contributed by atoms with Gasteiger partial charge in [-0.05, 0) is 32.9 Å². The van der Waals surface area contributed by atoms with E-state index in [4.69, 9.17) is 0 Å². The van der Waals surface area contributed by atoms with Gasteiger partial charge >= 0.3 is 0 Å². The number of nitrogens with zero attached hydrogens (tertiary/aromatic N) is 1. The molecule has 0 aliphatic heterocycles. The Morgan fingerprint density at radius 1 is 0.429 bits per heavy atom. The van der Waals surface area contributed by atoms with Gasteiger partial charge in [0.1, 0.15) is 0 Å². The standard InChI is InChI=1S/C26H25NSi/c1-27(2)22-18-20-26(21-19-22)28(23-12-6-3-7-13-23,24-14-8-4-9-15-24)25-16-10-5-11-17-25/h3-21H,1-2H3. The molecule has 0 aliphatic carbocycles. The second kappa shape index (κ2) is 7.87. The fraction of sp³-hybridized carbons (Fsp3) is 0.0769. The summed E-state index contributed by atoms with van der Waals surface area (Å²) in [4.78, 5) is 2.15. The third-order valence-electron chi connectivity index (χ3n) is 5.44. The van der Waals surface area contributed by atoms with Crippen LogP contribution in [0, 0.1) is 0 Å². The van der Waals surface area contributed by atoms with Crippen molar-refractivity contribution in [2.75, 3.05) is 19.0 Å². The molecule has 0 aliphatic rings. The van der Waals surface area contributed by atoms with Crippen molar-refractivity contribution in [2.45, 2.75) is 0 Å². The smallest absolute Gasteiger partial charge is 0.179 e. The van der Waals surface area contributed by atoms with Crippen LogP contribution in [0.1, 0.15) is 0 Å². The average molecular weight is 380 g/mol. The van der Waals surface area contributed by atoms with Crippen molar-refractivity contribution in [1.82, 2.24) is 0 Å². The molecule has 0 saturated heterocycles. The zero-order chi connectivity index (χ0) is 19.4. The molecule has 0 unspecified atom stereocenters. The molecule has 0 bridgehead atoms. The van der Waals surface area contributed by atoms with Crippen LogP contribution in [0.5, 0.6) is 0 Å². The molecular formula is C26H25NSi. The minimum Gasteiger partial charge on any atom is -0.378 e. The molecule has 0 N–H and O–H groups in total. The molecular weight excluding hydrogens is 354 g/mol. The Bertz CT molecular complexity index is 914. The predicted molar refractivity (Wildman–Crippen MR) is 124 cm³/mol. The third kappa shape index (κ3) is 3.16. The maximum Gasteiger partial charge on any atom is 0.179 e. The molecule has 0 spiro atoms. The summed E-state index contributed by atoms with van der Waals surface area (Å²) in [6.45, 7) is 0. The van der Waals surface area contributed by atoms with Crippen LogP contribution in [-0.2, 0) is 0 Å². The minimum absolute atomic E-state index is 1.22. The summed E-state index contributed by atoms with van der Waals surface area (Å²) >= 11 is 0. The van der Waals surface area contributed by atoms with E-state index in [-0.39, 0.29) is 0 Å². The summed E-state index contributed by atoms with van der Waals surface area (Å²) in [6, 6.07) is 42.2. The molecule has 138 valence electrons. The van der Waals surface area contributed by atoms with Crippen molar-refractivity contribution in [3.05, 3.63) is 115 Å². The van der Waals surface area contributed by atoms with E-state index in [0.29, 0.717) is 0 Å². The van der Waals surface area contributed by atoms with Gasteiger partial charge in [-0.3, -0.25) is 0 Å². The van der Waals surface area contributed by atoms with E-state index in [9.17, 15) is 0 Å². The Hall–Kier alpha value is -3.10. The fourth-order valence-corrected chi connectivity index (χ4v) is 8.82. The van der Waals surface area contributed by atoms with Crippen molar-refractivity contribution < 1.29 is 0 Å². The van der Waals surface area contributed by atoms with Crippen molar-refractivity contribution >= 4 is 34.5 Å². The van der Waals surface area contributed by atoms with Crippen LogP contribution in [0.15, 0.2) is 115 Å². The maximum atomic E-state index is 2.33. The Labute approximate surface area is 168 Å². The summed E-state index contributed by atoms with van der Waals surface area (Å²) in [5.74, 6) is 0. The number of benzene rings is 4. The molecule has 0 amide bonds. The maximum absolute atomic E-state index is 2.38. The predicted octanol–water partition coefficient (Wildman–Crippen LogP) is 3.13. The highest BCUT2D eigenvalue weighted by Crippen LogP contribution is 2.13. The lowest BCUT2D eigenvalue weighted by molar-refractivity contribution is 1.13. The van der Waals surface area contributed by atoms with Crippen LogP contribution in [0.2, 0.25) is 0 Å². The number of anilines is 1. The van der Waals surface area contributed by atoms with E-state index in [0.717, 1.165) is 0 Å². The van der Waals surface area contributed by atoms with E-state index in [1.165, 1.54) is 26.4 Å². The highest BCUT2D eigenvalue weighted by atomic mass is 28.3. The topological polar surface area (TPSA) is 3.24 Å². The summed E-state index contributed by atoms with van der Waals surface area (Å²) < 4.78 is 0. The van der Waals surface area contributed by atoms with Gasteiger partial charge in [-0.25, -0.2) is 0 Å². The van der Waals surface area contributed by atoms with Gasteiger partial charge < -0.3 is 4.90 Å². The van der Waals surface area contributed by atoms with Crippen molar-refractivity contribution in [1.29, 1.82) is 0 Å². The molecule has 4 aromatic rings. The Kier molecular flexibility index (Phi) is 5.14. The largest absolute Gasteiger partial charge is 0.378 e. The lowest BCUT2D eigenvalue weighted by atomic mass is 10.3. The Morgan fingerprint density at radius 2 is 0.750 bits per heavy atom. The first-order valence-corrected chi connectivity index (χ1v) is 11.7. The second-order valence-electron chi connectivity index (χ2n) is 7.29. The molecule has 4 aromatic carbocycles. The lowest BCUT2D eigenvalue weighted by Crippen LogP contribution is -2.74. The van der Waals surface area contributed by atoms with Crippen LogP contribution in [0.25, 0.3) is 0 Å². The highest BCUT2D eigenvalue weighted by molar-refractivity contribution is 7.19. The van der Waals surface area contributed by atoms with E-state index < -0.39 is 8.07 Å². The molecule has 0 saturated carbocycles.